The predicted molar refractivity (Wildman–Crippen MR) is 73.6 cm³/mol. The Bertz CT molecular complexity index is 177. The molecule has 0 aromatic carbocycles. The van der Waals surface area contributed by atoms with Gasteiger partial charge in [0.2, 0.25) is 0 Å². The van der Waals surface area contributed by atoms with Crippen LogP contribution in [0.1, 0.15) is 0 Å². The van der Waals surface area contributed by atoms with Crippen LogP contribution < -0.4 is 5.32 Å². The minimum atomic E-state index is 0.658. The highest BCUT2D eigenvalue weighted by atomic mass is 16.5. The van der Waals surface area contributed by atoms with Crippen molar-refractivity contribution in [3.63, 3.8) is 0 Å². The Labute approximate surface area is 116 Å². The summed E-state index contributed by atoms with van der Waals surface area (Å²) in [6, 6.07) is 0. The second-order valence-electron chi connectivity index (χ2n) is 4.50. The molecule has 0 saturated carbocycles. The lowest BCUT2D eigenvalue weighted by molar-refractivity contribution is 0.0244. The topological polar surface area (TPSA) is 52.2 Å². The largest absolute Gasteiger partial charge is 0.378 e. The summed E-state index contributed by atoms with van der Waals surface area (Å²) in [5.41, 5.74) is 0. The number of nitrogens with zero attached hydrogens (tertiary/aromatic N) is 1. The summed E-state index contributed by atoms with van der Waals surface area (Å²) in [7, 11) is 2.07. The van der Waals surface area contributed by atoms with Gasteiger partial charge in [-0.05, 0) is 7.05 Å². The molecule has 1 N–H and O–H groups in total. The van der Waals surface area contributed by atoms with Gasteiger partial charge in [-0.1, -0.05) is 0 Å². The van der Waals surface area contributed by atoms with Crippen LogP contribution in [0.15, 0.2) is 0 Å². The van der Waals surface area contributed by atoms with Gasteiger partial charge in [-0.2, -0.15) is 0 Å². The standard InChI is InChI=1S/C13H28N2O4/c1-15-4-8-18-12-10-16-6-2-14-3-7-17-11-13-19-9-5-15/h14H,2-13H2,1H3. The number of nitrogens with one attached hydrogen (secondary N) is 1. The average Bonchev–Trinajstić information content (AvgIpc) is 2.41. The van der Waals surface area contributed by atoms with Gasteiger partial charge in [-0.15, -0.1) is 0 Å². The van der Waals surface area contributed by atoms with Crippen LogP contribution in [0.5, 0.6) is 0 Å². The number of hydrogen-bond acceptors (Lipinski definition) is 6. The third-order valence-corrected chi connectivity index (χ3v) is 2.83. The van der Waals surface area contributed by atoms with E-state index < -0.39 is 0 Å². The van der Waals surface area contributed by atoms with Gasteiger partial charge in [0, 0.05) is 26.2 Å². The van der Waals surface area contributed by atoms with Crippen LogP contribution in [-0.2, 0) is 18.9 Å². The van der Waals surface area contributed by atoms with Crippen LogP contribution in [0.3, 0.4) is 0 Å². The summed E-state index contributed by atoms with van der Waals surface area (Å²) < 4.78 is 21.9. The first-order chi connectivity index (χ1) is 9.39. The molecule has 0 spiro atoms. The average molecular weight is 276 g/mol. The summed E-state index contributed by atoms with van der Waals surface area (Å²) >= 11 is 0. The quantitative estimate of drug-likeness (QED) is 0.649. The van der Waals surface area contributed by atoms with Crippen molar-refractivity contribution in [1.82, 2.24) is 10.2 Å². The molecule has 0 amide bonds. The highest BCUT2D eigenvalue weighted by Crippen LogP contribution is 1.87. The van der Waals surface area contributed by atoms with Crippen molar-refractivity contribution in [2.24, 2.45) is 0 Å². The van der Waals surface area contributed by atoms with Crippen molar-refractivity contribution in [3.05, 3.63) is 0 Å². The lowest BCUT2D eigenvalue weighted by Crippen LogP contribution is -2.28. The SMILES string of the molecule is CN1CCOCCOCCNCCOCCOCC1. The van der Waals surface area contributed by atoms with E-state index in [1.165, 1.54) is 0 Å². The Morgan fingerprint density at radius 3 is 1.53 bits per heavy atom. The third-order valence-electron chi connectivity index (χ3n) is 2.83. The first-order valence-corrected chi connectivity index (χ1v) is 7.10. The Morgan fingerprint density at radius 1 is 0.632 bits per heavy atom. The first kappa shape index (κ1) is 16.8. The maximum absolute atomic E-state index is 5.50. The maximum Gasteiger partial charge on any atom is 0.0701 e. The summed E-state index contributed by atoms with van der Waals surface area (Å²) in [6.07, 6.45) is 0. The molecule has 0 aromatic rings. The lowest BCUT2D eigenvalue weighted by Gasteiger charge is -2.17. The highest BCUT2D eigenvalue weighted by Gasteiger charge is 1.99. The Morgan fingerprint density at radius 2 is 1.05 bits per heavy atom. The fourth-order valence-electron chi connectivity index (χ4n) is 1.61. The second kappa shape index (κ2) is 12.8. The molecule has 0 atom stereocenters. The van der Waals surface area contributed by atoms with Gasteiger partial charge >= 0.3 is 0 Å². The van der Waals surface area contributed by atoms with Gasteiger partial charge in [-0.3, -0.25) is 0 Å². The number of likely N-dealkylation sites (N-methyl/N-ethyl adjacent to an activating group) is 1. The molecule has 0 aromatic heterocycles. The van der Waals surface area contributed by atoms with E-state index in [0.717, 1.165) is 39.4 Å². The monoisotopic (exact) mass is 276 g/mol. The van der Waals surface area contributed by atoms with Crippen molar-refractivity contribution < 1.29 is 18.9 Å². The number of ether oxygens (including phenoxy) is 4. The maximum atomic E-state index is 5.50. The van der Waals surface area contributed by atoms with Gasteiger partial charge in [0.25, 0.3) is 0 Å². The zero-order valence-electron chi connectivity index (χ0n) is 12.1. The zero-order chi connectivity index (χ0) is 13.6. The molecule has 0 aliphatic carbocycles. The molecule has 1 aliphatic heterocycles. The van der Waals surface area contributed by atoms with E-state index in [1.54, 1.807) is 0 Å². The van der Waals surface area contributed by atoms with E-state index in [-0.39, 0.29) is 0 Å². The molecule has 6 nitrogen and oxygen atoms in total. The zero-order valence-corrected chi connectivity index (χ0v) is 12.1. The molecule has 0 radical (unpaired) electrons. The van der Waals surface area contributed by atoms with E-state index in [1.807, 2.05) is 0 Å². The van der Waals surface area contributed by atoms with Crippen LogP contribution in [0.2, 0.25) is 0 Å². The molecule has 0 bridgehead atoms. The summed E-state index contributed by atoms with van der Waals surface area (Å²) in [5, 5.41) is 3.26. The Kier molecular flexibility index (Phi) is 11.3. The molecule has 1 rings (SSSR count). The molecule has 1 aliphatic rings. The lowest BCUT2D eigenvalue weighted by atomic mass is 10.5. The van der Waals surface area contributed by atoms with E-state index in [0.29, 0.717) is 39.6 Å². The van der Waals surface area contributed by atoms with Crippen LogP contribution >= 0.6 is 0 Å². The van der Waals surface area contributed by atoms with Crippen LogP contribution in [0.4, 0.5) is 0 Å². The molecule has 1 heterocycles. The van der Waals surface area contributed by atoms with Crippen molar-refractivity contribution >= 4 is 0 Å². The van der Waals surface area contributed by atoms with Crippen LogP contribution in [-0.4, -0.2) is 91.0 Å². The molecular formula is C13H28N2O4. The van der Waals surface area contributed by atoms with Crippen molar-refractivity contribution in [3.8, 4) is 0 Å². The summed E-state index contributed by atoms with van der Waals surface area (Å²) in [5.74, 6) is 0. The van der Waals surface area contributed by atoms with Gasteiger partial charge in [0.05, 0.1) is 52.9 Å². The first-order valence-electron chi connectivity index (χ1n) is 7.10. The Hall–Kier alpha value is -0.240. The van der Waals surface area contributed by atoms with Crippen LogP contribution in [0, 0.1) is 0 Å². The molecular weight excluding hydrogens is 248 g/mol. The predicted octanol–water partition coefficient (Wildman–Crippen LogP) is -0.412. The van der Waals surface area contributed by atoms with E-state index in [9.17, 15) is 0 Å². The fraction of sp³-hybridized carbons (Fsp3) is 1.00. The molecule has 6 heteroatoms. The van der Waals surface area contributed by atoms with E-state index in [4.69, 9.17) is 18.9 Å². The fourth-order valence-corrected chi connectivity index (χ4v) is 1.61. The molecule has 19 heavy (non-hydrogen) atoms. The van der Waals surface area contributed by atoms with Gasteiger partial charge < -0.3 is 29.2 Å². The minimum Gasteiger partial charge on any atom is -0.378 e. The molecule has 1 saturated heterocycles. The van der Waals surface area contributed by atoms with Crippen LogP contribution in [0.25, 0.3) is 0 Å². The third kappa shape index (κ3) is 11.3. The molecule has 0 unspecified atom stereocenters. The smallest absolute Gasteiger partial charge is 0.0701 e. The number of hydrogen-bond donors (Lipinski definition) is 1. The highest BCUT2D eigenvalue weighted by molar-refractivity contribution is 4.50. The van der Waals surface area contributed by atoms with Crippen molar-refractivity contribution in [2.45, 2.75) is 0 Å². The van der Waals surface area contributed by atoms with Crippen molar-refractivity contribution in [1.29, 1.82) is 0 Å². The van der Waals surface area contributed by atoms with E-state index >= 15 is 0 Å². The minimum absolute atomic E-state index is 0.658. The Balaban J connectivity index is 2.08. The normalized spacial score (nSPS) is 24.5. The molecule has 114 valence electrons. The van der Waals surface area contributed by atoms with Gasteiger partial charge in [0.15, 0.2) is 0 Å². The summed E-state index contributed by atoms with van der Waals surface area (Å²) in [4.78, 5) is 2.20. The van der Waals surface area contributed by atoms with Gasteiger partial charge in [0.1, 0.15) is 0 Å². The second-order valence-corrected chi connectivity index (χ2v) is 4.50. The van der Waals surface area contributed by atoms with Gasteiger partial charge in [-0.25, -0.2) is 0 Å². The van der Waals surface area contributed by atoms with E-state index in [2.05, 4.69) is 17.3 Å². The molecule has 1 fully saturated rings. The number of rotatable bonds is 0. The van der Waals surface area contributed by atoms with Crippen molar-refractivity contribution in [2.75, 3.05) is 86.1 Å². The summed E-state index contributed by atoms with van der Waals surface area (Å²) in [6.45, 7) is 9.08.